The van der Waals surface area contributed by atoms with Crippen LogP contribution < -0.4 is 5.32 Å². The highest BCUT2D eigenvalue weighted by Gasteiger charge is 2.44. The first kappa shape index (κ1) is 13.8. The van der Waals surface area contributed by atoms with Gasteiger partial charge in [0.1, 0.15) is 0 Å². The second kappa shape index (κ2) is 5.15. The zero-order valence-corrected chi connectivity index (χ0v) is 11.2. The van der Waals surface area contributed by atoms with Crippen molar-refractivity contribution < 1.29 is 13.9 Å². The molecule has 2 nitrogen and oxygen atoms in total. The van der Waals surface area contributed by atoms with Crippen molar-refractivity contribution in [2.24, 2.45) is 0 Å². The maximum absolute atomic E-state index is 13.3. The quantitative estimate of drug-likeness (QED) is 0.883. The van der Waals surface area contributed by atoms with Crippen molar-refractivity contribution in [1.82, 2.24) is 5.32 Å². The molecule has 1 aliphatic rings. The van der Waals surface area contributed by atoms with Crippen LogP contribution in [0.5, 0.6) is 0 Å². The number of nitrogens with one attached hydrogen (secondary N) is 1. The molecule has 0 bridgehead atoms. The molecule has 0 aromatic heterocycles. The van der Waals surface area contributed by atoms with Gasteiger partial charge in [-0.3, -0.25) is 0 Å². The van der Waals surface area contributed by atoms with Crippen molar-refractivity contribution in [3.63, 3.8) is 0 Å². The summed E-state index contributed by atoms with van der Waals surface area (Å²) in [5.74, 6) is 0.980. The Balaban J connectivity index is 2.43. The molecule has 0 amide bonds. The fourth-order valence-corrected chi connectivity index (χ4v) is 3.27. The molecule has 2 unspecified atom stereocenters. The van der Waals surface area contributed by atoms with Crippen LogP contribution in [0.15, 0.2) is 23.1 Å². The van der Waals surface area contributed by atoms with E-state index in [4.69, 9.17) is 0 Å². The first-order chi connectivity index (χ1) is 8.50. The van der Waals surface area contributed by atoms with E-state index < -0.39 is 18.1 Å². The molecule has 2 rings (SSSR count). The molecule has 5 heteroatoms. The van der Waals surface area contributed by atoms with E-state index >= 15 is 0 Å². The summed E-state index contributed by atoms with van der Waals surface area (Å²) in [6.45, 7) is 1.56. The van der Waals surface area contributed by atoms with Gasteiger partial charge in [-0.05, 0) is 37.6 Å². The number of hydrogen-bond acceptors (Lipinski definition) is 3. The van der Waals surface area contributed by atoms with E-state index in [-0.39, 0.29) is 0 Å². The minimum atomic E-state index is -2.83. The van der Waals surface area contributed by atoms with Crippen LogP contribution in [0.1, 0.15) is 18.1 Å². The number of alkyl halides is 2. The summed E-state index contributed by atoms with van der Waals surface area (Å²) in [5.41, 5.74) is -0.794. The van der Waals surface area contributed by atoms with Crippen LogP contribution in [0.25, 0.3) is 0 Å². The Kier molecular flexibility index (Phi) is 3.94. The standard InChI is InChI=1S/C13H17F2NOS/c1-8(16-2)13(17,12(14)15)10-3-4-11-9(7-10)5-6-18-11/h3-4,7-8,12,16-17H,5-6H2,1-2H3. The summed E-state index contributed by atoms with van der Waals surface area (Å²) in [6.07, 6.45) is -1.95. The molecule has 0 fully saturated rings. The topological polar surface area (TPSA) is 32.3 Å². The average molecular weight is 273 g/mol. The van der Waals surface area contributed by atoms with Crippen molar-refractivity contribution in [3.05, 3.63) is 29.3 Å². The van der Waals surface area contributed by atoms with E-state index in [9.17, 15) is 13.9 Å². The molecular formula is C13H17F2NOS. The van der Waals surface area contributed by atoms with Crippen molar-refractivity contribution in [2.75, 3.05) is 12.8 Å². The smallest absolute Gasteiger partial charge is 0.272 e. The molecule has 1 aliphatic heterocycles. The molecular weight excluding hydrogens is 256 g/mol. The fraction of sp³-hybridized carbons (Fsp3) is 0.538. The molecule has 18 heavy (non-hydrogen) atoms. The summed E-state index contributed by atoms with van der Waals surface area (Å²) in [4.78, 5) is 1.13. The first-order valence-electron chi connectivity index (χ1n) is 5.94. The van der Waals surface area contributed by atoms with Gasteiger partial charge in [-0.25, -0.2) is 8.78 Å². The monoisotopic (exact) mass is 273 g/mol. The molecule has 0 saturated carbocycles. The third-order valence-corrected chi connectivity index (χ3v) is 4.70. The number of rotatable bonds is 4. The maximum atomic E-state index is 13.3. The van der Waals surface area contributed by atoms with Gasteiger partial charge in [-0.15, -0.1) is 11.8 Å². The molecule has 0 radical (unpaired) electrons. The fourth-order valence-electron chi connectivity index (χ4n) is 2.22. The molecule has 0 spiro atoms. The first-order valence-corrected chi connectivity index (χ1v) is 6.92. The highest BCUT2D eigenvalue weighted by atomic mass is 32.2. The van der Waals surface area contributed by atoms with E-state index in [0.29, 0.717) is 5.56 Å². The third kappa shape index (κ3) is 2.15. The van der Waals surface area contributed by atoms with Crippen molar-refractivity contribution in [2.45, 2.75) is 36.3 Å². The molecule has 2 atom stereocenters. The van der Waals surface area contributed by atoms with Gasteiger partial charge in [0.05, 0.1) is 0 Å². The summed E-state index contributed by atoms with van der Waals surface area (Å²) < 4.78 is 26.5. The van der Waals surface area contributed by atoms with E-state index in [1.54, 1.807) is 37.9 Å². The number of aryl methyl sites for hydroxylation is 1. The van der Waals surface area contributed by atoms with Crippen LogP contribution in [-0.2, 0) is 12.0 Å². The van der Waals surface area contributed by atoms with Crippen LogP contribution in [0, 0.1) is 0 Å². The van der Waals surface area contributed by atoms with E-state index in [1.165, 1.54) is 0 Å². The lowest BCUT2D eigenvalue weighted by Crippen LogP contribution is -2.50. The second-order valence-corrected chi connectivity index (χ2v) is 5.69. The van der Waals surface area contributed by atoms with E-state index in [0.717, 1.165) is 22.6 Å². The van der Waals surface area contributed by atoms with E-state index in [1.807, 2.05) is 6.07 Å². The summed E-state index contributed by atoms with van der Waals surface area (Å²) in [7, 11) is 1.57. The Morgan fingerprint density at radius 3 is 2.78 bits per heavy atom. The number of fused-ring (bicyclic) bond motifs is 1. The number of thioether (sulfide) groups is 1. The van der Waals surface area contributed by atoms with Crippen molar-refractivity contribution >= 4 is 11.8 Å². The molecule has 100 valence electrons. The molecule has 2 N–H and O–H groups in total. The zero-order chi connectivity index (χ0) is 13.3. The van der Waals surface area contributed by atoms with Gasteiger partial charge in [-0.1, -0.05) is 12.1 Å². The summed E-state index contributed by atoms with van der Waals surface area (Å²) in [5, 5.41) is 13.1. The van der Waals surface area contributed by atoms with Gasteiger partial charge in [-0.2, -0.15) is 0 Å². The van der Waals surface area contributed by atoms with Gasteiger partial charge < -0.3 is 10.4 Å². The highest BCUT2D eigenvalue weighted by Crippen LogP contribution is 2.37. The minimum Gasteiger partial charge on any atom is -0.378 e. The molecule has 1 aromatic carbocycles. The molecule has 1 heterocycles. The lowest BCUT2D eigenvalue weighted by molar-refractivity contribution is -0.120. The summed E-state index contributed by atoms with van der Waals surface area (Å²) in [6, 6.07) is 4.44. The van der Waals surface area contributed by atoms with Crippen LogP contribution in [-0.4, -0.2) is 30.4 Å². The SMILES string of the molecule is CNC(C)C(O)(c1ccc2c(c1)CCS2)C(F)F. The zero-order valence-electron chi connectivity index (χ0n) is 10.4. The number of benzene rings is 1. The van der Waals surface area contributed by atoms with Gasteiger partial charge >= 0.3 is 0 Å². The molecule has 0 saturated heterocycles. The van der Waals surface area contributed by atoms with Gasteiger partial charge in [0.15, 0.2) is 5.60 Å². The number of aliphatic hydroxyl groups is 1. The average Bonchev–Trinajstić information content (AvgIpc) is 2.83. The maximum Gasteiger partial charge on any atom is 0.272 e. The van der Waals surface area contributed by atoms with Crippen LogP contribution in [0.2, 0.25) is 0 Å². The predicted molar refractivity (Wildman–Crippen MR) is 69.3 cm³/mol. The third-order valence-electron chi connectivity index (χ3n) is 3.58. The highest BCUT2D eigenvalue weighted by molar-refractivity contribution is 7.99. The van der Waals surface area contributed by atoms with Crippen molar-refractivity contribution in [3.8, 4) is 0 Å². The van der Waals surface area contributed by atoms with Gasteiger partial charge in [0.2, 0.25) is 0 Å². The Morgan fingerprint density at radius 1 is 1.44 bits per heavy atom. The molecule has 1 aromatic rings. The Morgan fingerprint density at radius 2 is 2.17 bits per heavy atom. The molecule has 0 aliphatic carbocycles. The number of hydrogen-bond donors (Lipinski definition) is 2. The number of likely N-dealkylation sites (N-methyl/N-ethyl adjacent to an activating group) is 1. The number of halogens is 2. The normalized spacial score (nSPS) is 19.7. The lowest BCUT2D eigenvalue weighted by atomic mass is 9.86. The van der Waals surface area contributed by atoms with Crippen molar-refractivity contribution in [1.29, 1.82) is 0 Å². The second-order valence-electron chi connectivity index (χ2n) is 4.56. The minimum absolute atomic E-state index is 0.292. The Hall–Kier alpha value is -0.650. The van der Waals surface area contributed by atoms with Crippen LogP contribution >= 0.6 is 11.8 Å². The largest absolute Gasteiger partial charge is 0.378 e. The Labute approximate surface area is 110 Å². The van der Waals surface area contributed by atoms with Gasteiger partial charge in [0, 0.05) is 16.7 Å². The van der Waals surface area contributed by atoms with Gasteiger partial charge in [0.25, 0.3) is 6.43 Å². The van der Waals surface area contributed by atoms with Crippen LogP contribution in [0.4, 0.5) is 8.78 Å². The van der Waals surface area contributed by atoms with Crippen LogP contribution in [0.3, 0.4) is 0 Å². The predicted octanol–water partition coefficient (Wildman–Crippen LogP) is 2.40. The van der Waals surface area contributed by atoms with E-state index in [2.05, 4.69) is 5.32 Å². The summed E-state index contributed by atoms with van der Waals surface area (Å²) >= 11 is 1.72. The lowest BCUT2D eigenvalue weighted by Gasteiger charge is -2.34. The Bertz CT molecular complexity index is 441.